The van der Waals surface area contributed by atoms with Gasteiger partial charge >= 0.3 is 0 Å². The Morgan fingerprint density at radius 1 is 1.18 bits per heavy atom. The highest BCUT2D eigenvalue weighted by atomic mass is 32.1. The van der Waals surface area contributed by atoms with Crippen molar-refractivity contribution in [3.63, 3.8) is 0 Å². The monoisotopic (exact) mass is 563 g/mol. The number of benzene rings is 1. The van der Waals surface area contributed by atoms with Gasteiger partial charge in [-0.15, -0.1) is 0 Å². The van der Waals surface area contributed by atoms with Gasteiger partial charge in [0.2, 0.25) is 0 Å². The molecule has 0 radical (unpaired) electrons. The number of aromatic nitrogens is 2. The molecule has 5 rings (SSSR count). The number of hydrogen-bond donors (Lipinski definition) is 1. The second-order valence-electron chi connectivity index (χ2n) is 12.4. The van der Waals surface area contributed by atoms with Gasteiger partial charge in [0.25, 0.3) is 11.8 Å². The molecule has 214 valence electrons. The van der Waals surface area contributed by atoms with E-state index in [0.29, 0.717) is 49.2 Å². The summed E-state index contributed by atoms with van der Waals surface area (Å²) in [4.78, 5) is 41.0. The molecule has 2 aromatic heterocycles. The maximum Gasteiger partial charge on any atom is 0.280 e. The summed E-state index contributed by atoms with van der Waals surface area (Å²) in [6.07, 6.45) is 3.83. The number of ether oxygens (including phenoxy) is 1. The fourth-order valence-corrected chi connectivity index (χ4v) is 6.46. The summed E-state index contributed by atoms with van der Waals surface area (Å²) in [5.41, 5.74) is 5.01. The SMILES string of the molecule is CN(C)CCC(NC(=O)c1nc2cc3c(nc2s1)CC[C@H](C(C)(C)C)C3)c1cccc(C(=O)N2CCOCC2)c1. The third-order valence-corrected chi connectivity index (χ3v) is 9.14. The van der Waals surface area contributed by atoms with Crippen LogP contribution in [0.2, 0.25) is 0 Å². The van der Waals surface area contributed by atoms with E-state index in [0.717, 1.165) is 47.4 Å². The number of rotatable bonds is 7. The molecule has 2 amide bonds. The Kier molecular flexibility index (Phi) is 8.54. The van der Waals surface area contributed by atoms with E-state index in [4.69, 9.17) is 14.7 Å². The molecule has 1 N–H and O–H groups in total. The highest BCUT2D eigenvalue weighted by Gasteiger charge is 2.30. The van der Waals surface area contributed by atoms with Crippen molar-refractivity contribution in [3.05, 3.63) is 57.7 Å². The van der Waals surface area contributed by atoms with E-state index in [-0.39, 0.29) is 23.3 Å². The van der Waals surface area contributed by atoms with Crippen LogP contribution in [0.15, 0.2) is 30.3 Å². The Balaban J connectivity index is 1.36. The van der Waals surface area contributed by atoms with Crippen LogP contribution in [0.25, 0.3) is 10.3 Å². The van der Waals surface area contributed by atoms with E-state index in [1.165, 1.54) is 16.9 Å². The zero-order valence-electron chi connectivity index (χ0n) is 24.3. The molecule has 0 saturated carbocycles. The van der Waals surface area contributed by atoms with Gasteiger partial charge in [0.1, 0.15) is 10.3 Å². The van der Waals surface area contributed by atoms with E-state index in [9.17, 15) is 9.59 Å². The van der Waals surface area contributed by atoms with Crippen molar-refractivity contribution in [2.75, 3.05) is 46.9 Å². The van der Waals surface area contributed by atoms with Crippen LogP contribution in [0.5, 0.6) is 0 Å². The summed E-state index contributed by atoms with van der Waals surface area (Å²) >= 11 is 1.36. The van der Waals surface area contributed by atoms with Crippen LogP contribution < -0.4 is 5.32 Å². The van der Waals surface area contributed by atoms with Gasteiger partial charge < -0.3 is 19.9 Å². The van der Waals surface area contributed by atoms with Crippen LogP contribution in [-0.4, -0.2) is 78.5 Å². The van der Waals surface area contributed by atoms with Gasteiger partial charge in [-0.05, 0) is 87.0 Å². The number of nitrogens with one attached hydrogen (secondary N) is 1. The Labute approximate surface area is 241 Å². The fourth-order valence-electron chi connectivity index (χ4n) is 5.62. The summed E-state index contributed by atoms with van der Waals surface area (Å²) in [6.45, 7) is 10.0. The first-order chi connectivity index (χ1) is 19.1. The van der Waals surface area contributed by atoms with Gasteiger partial charge in [-0.2, -0.15) is 0 Å². The van der Waals surface area contributed by atoms with Crippen molar-refractivity contribution in [3.8, 4) is 0 Å². The average molecular weight is 564 g/mol. The maximum absolute atomic E-state index is 13.5. The molecule has 3 heterocycles. The second kappa shape index (κ2) is 11.9. The molecule has 2 atom stereocenters. The molecule has 1 aliphatic heterocycles. The van der Waals surface area contributed by atoms with Crippen molar-refractivity contribution < 1.29 is 14.3 Å². The normalized spacial score (nSPS) is 18.6. The first kappa shape index (κ1) is 28.6. The zero-order chi connectivity index (χ0) is 28.4. The van der Waals surface area contributed by atoms with Crippen molar-refractivity contribution >= 4 is 33.5 Å². The number of morpholine rings is 1. The van der Waals surface area contributed by atoms with Crippen LogP contribution in [0.3, 0.4) is 0 Å². The topological polar surface area (TPSA) is 87.7 Å². The number of thiazole rings is 1. The smallest absolute Gasteiger partial charge is 0.280 e. The third kappa shape index (κ3) is 6.53. The van der Waals surface area contributed by atoms with Gasteiger partial charge in [-0.1, -0.05) is 44.2 Å². The third-order valence-electron chi connectivity index (χ3n) is 8.17. The summed E-state index contributed by atoms with van der Waals surface area (Å²) < 4.78 is 5.40. The standard InChI is InChI=1S/C31H41N5O3S/c1-31(2,3)23-9-10-24-22(18-23)19-26-28(33-24)40-29(34-26)27(37)32-25(11-12-35(4)5)20-7-6-8-21(17-20)30(38)36-13-15-39-16-14-36/h6-8,17,19,23,25H,9-16,18H2,1-5H3,(H,32,37)/t23-,25?/m0/s1. The van der Waals surface area contributed by atoms with Crippen molar-refractivity contribution in [2.24, 2.45) is 11.3 Å². The number of nitrogens with zero attached hydrogens (tertiary/aromatic N) is 4. The van der Waals surface area contributed by atoms with Crippen molar-refractivity contribution in [1.29, 1.82) is 0 Å². The lowest BCUT2D eigenvalue weighted by Crippen LogP contribution is -2.40. The summed E-state index contributed by atoms with van der Waals surface area (Å²) in [6, 6.07) is 9.53. The molecule has 0 bridgehead atoms. The van der Waals surface area contributed by atoms with Crippen LogP contribution in [0, 0.1) is 11.3 Å². The highest BCUT2D eigenvalue weighted by molar-refractivity contribution is 7.19. The van der Waals surface area contributed by atoms with E-state index < -0.39 is 0 Å². The lowest BCUT2D eigenvalue weighted by Gasteiger charge is -2.34. The molecule has 1 aromatic carbocycles. The van der Waals surface area contributed by atoms with E-state index in [1.807, 2.05) is 43.3 Å². The van der Waals surface area contributed by atoms with Gasteiger partial charge in [0.15, 0.2) is 5.01 Å². The zero-order valence-corrected chi connectivity index (χ0v) is 25.1. The number of pyridine rings is 1. The minimum atomic E-state index is -0.256. The average Bonchev–Trinajstić information content (AvgIpc) is 3.36. The van der Waals surface area contributed by atoms with Crippen molar-refractivity contribution in [1.82, 2.24) is 25.1 Å². The lowest BCUT2D eigenvalue weighted by molar-refractivity contribution is 0.0303. The molecular weight excluding hydrogens is 522 g/mol. The van der Waals surface area contributed by atoms with Crippen molar-refractivity contribution in [2.45, 2.75) is 52.5 Å². The molecule has 1 unspecified atom stereocenters. The van der Waals surface area contributed by atoms with Gasteiger partial charge in [0.05, 0.1) is 19.3 Å². The van der Waals surface area contributed by atoms with E-state index in [2.05, 4.69) is 37.1 Å². The number of aryl methyl sites for hydroxylation is 1. The molecule has 0 spiro atoms. The van der Waals surface area contributed by atoms with Gasteiger partial charge in [0, 0.05) is 24.3 Å². The number of carbonyl (C=O) groups is 2. The Morgan fingerprint density at radius 3 is 2.67 bits per heavy atom. The Morgan fingerprint density at radius 2 is 1.95 bits per heavy atom. The lowest BCUT2D eigenvalue weighted by atomic mass is 9.71. The van der Waals surface area contributed by atoms with Crippen LogP contribution in [0.1, 0.15) is 76.6 Å². The number of fused-ring (bicyclic) bond motifs is 2. The molecule has 1 fully saturated rings. The first-order valence-electron chi connectivity index (χ1n) is 14.3. The van der Waals surface area contributed by atoms with E-state index in [1.54, 1.807) is 0 Å². The maximum atomic E-state index is 13.5. The predicted molar refractivity (Wildman–Crippen MR) is 159 cm³/mol. The second-order valence-corrected chi connectivity index (χ2v) is 13.4. The summed E-state index contributed by atoms with van der Waals surface area (Å²) in [7, 11) is 4.03. The van der Waals surface area contributed by atoms with Crippen LogP contribution >= 0.6 is 11.3 Å². The largest absolute Gasteiger partial charge is 0.378 e. The first-order valence-corrected chi connectivity index (χ1v) is 15.1. The minimum Gasteiger partial charge on any atom is -0.378 e. The predicted octanol–water partition coefficient (Wildman–Crippen LogP) is 4.74. The molecule has 3 aromatic rings. The van der Waals surface area contributed by atoms with Gasteiger partial charge in [-0.3, -0.25) is 9.59 Å². The van der Waals surface area contributed by atoms with Crippen LogP contribution in [-0.2, 0) is 17.6 Å². The molecule has 9 heteroatoms. The fraction of sp³-hybridized carbons (Fsp3) is 0.548. The molecular formula is C31H41N5O3S. The quantitative estimate of drug-likeness (QED) is 0.447. The molecule has 8 nitrogen and oxygen atoms in total. The number of carbonyl (C=O) groups excluding carboxylic acids is 2. The Hall–Kier alpha value is -2.88. The number of amides is 2. The Bertz CT molecular complexity index is 1370. The molecule has 40 heavy (non-hydrogen) atoms. The van der Waals surface area contributed by atoms with Crippen LogP contribution in [0.4, 0.5) is 0 Å². The van der Waals surface area contributed by atoms with E-state index >= 15 is 0 Å². The molecule has 1 saturated heterocycles. The minimum absolute atomic E-state index is 0.00208. The number of hydrogen-bond acceptors (Lipinski definition) is 7. The highest BCUT2D eigenvalue weighted by Crippen LogP contribution is 2.38. The van der Waals surface area contributed by atoms with Gasteiger partial charge in [-0.25, -0.2) is 9.97 Å². The molecule has 2 aliphatic rings. The molecule has 1 aliphatic carbocycles. The summed E-state index contributed by atoms with van der Waals surface area (Å²) in [5.74, 6) is 0.406. The summed E-state index contributed by atoms with van der Waals surface area (Å²) in [5, 5.41) is 3.64.